The van der Waals surface area contributed by atoms with Crippen molar-refractivity contribution in [3.05, 3.63) is 18.2 Å². The van der Waals surface area contributed by atoms with Crippen molar-refractivity contribution < 1.29 is 14.3 Å². The van der Waals surface area contributed by atoms with Gasteiger partial charge in [-0.3, -0.25) is 4.79 Å². The molecule has 1 rings (SSSR count). The van der Waals surface area contributed by atoms with Crippen molar-refractivity contribution in [3.8, 4) is 0 Å². The van der Waals surface area contributed by atoms with E-state index in [4.69, 9.17) is 10.5 Å². The number of aromatic nitrogens is 2. The van der Waals surface area contributed by atoms with E-state index in [2.05, 4.69) is 10.3 Å². The summed E-state index contributed by atoms with van der Waals surface area (Å²) < 4.78 is 6.98. The molecule has 1 atom stereocenters. The van der Waals surface area contributed by atoms with Gasteiger partial charge in [0, 0.05) is 13.0 Å². The summed E-state index contributed by atoms with van der Waals surface area (Å²) in [6.07, 6.45) is 2.98. The first-order chi connectivity index (χ1) is 9.19. The average Bonchev–Trinajstić information content (AvgIpc) is 2.71. The summed E-state index contributed by atoms with van der Waals surface area (Å²) in [5.74, 6) is -0.377. The first kappa shape index (κ1) is 16.0. The lowest BCUT2D eigenvalue weighted by atomic mass is 10.2. The summed E-state index contributed by atoms with van der Waals surface area (Å²) in [5.41, 5.74) is 5.37. The minimum absolute atomic E-state index is 0.225. The molecule has 0 spiro atoms. The third-order valence-electron chi connectivity index (χ3n) is 2.52. The second kappa shape index (κ2) is 6.40. The number of hydrogen-bond acceptors (Lipinski definition) is 4. The fourth-order valence-corrected chi connectivity index (χ4v) is 1.67. The number of rotatable bonds is 5. The second-order valence-corrected chi connectivity index (χ2v) is 5.60. The van der Waals surface area contributed by atoms with E-state index >= 15 is 0 Å². The van der Waals surface area contributed by atoms with Crippen molar-refractivity contribution in [2.75, 3.05) is 0 Å². The molecule has 7 heteroatoms. The van der Waals surface area contributed by atoms with Gasteiger partial charge in [0.2, 0.25) is 5.91 Å². The van der Waals surface area contributed by atoms with Gasteiger partial charge in [0.1, 0.15) is 5.60 Å². The third-order valence-corrected chi connectivity index (χ3v) is 2.52. The van der Waals surface area contributed by atoms with Gasteiger partial charge in [-0.2, -0.15) is 0 Å². The third kappa shape index (κ3) is 5.29. The van der Waals surface area contributed by atoms with Gasteiger partial charge in [0.15, 0.2) is 0 Å². The summed E-state index contributed by atoms with van der Waals surface area (Å²) in [5, 5.41) is 2.73. The molecular weight excluding hydrogens is 260 g/mol. The molecule has 0 aromatic carbocycles. The topological polar surface area (TPSA) is 99.2 Å². The molecule has 0 radical (unpaired) electrons. The Bertz CT molecular complexity index is 476. The van der Waals surface area contributed by atoms with Crippen LogP contribution in [-0.2, 0) is 16.1 Å². The van der Waals surface area contributed by atoms with E-state index < -0.39 is 11.7 Å². The smallest absolute Gasteiger partial charge is 0.408 e. The first-order valence-corrected chi connectivity index (χ1v) is 6.47. The number of ether oxygens (including phenoxy) is 1. The molecule has 0 bridgehead atoms. The summed E-state index contributed by atoms with van der Waals surface area (Å²) in [4.78, 5) is 26.5. The van der Waals surface area contributed by atoms with E-state index in [1.165, 1.54) is 0 Å². The van der Waals surface area contributed by atoms with Crippen LogP contribution in [0.4, 0.5) is 4.79 Å². The minimum Gasteiger partial charge on any atom is -0.444 e. The predicted molar refractivity (Wildman–Crippen MR) is 73.8 cm³/mol. The van der Waals surface area contributed by atoms with Crippen LogP contribution in [0.3, 0.4) is 0 Å². The zero-order valence-electron chi connectivity index (χ0n) is 12.3. The van der Waals surface area contributed by atoms with E-state index in [-0.39, 0.29) is 18.4 Å². The number of carbonyl (C=O) groups excluding carboxylic acids is 2. The van der Waals surface area contributed by atoms with Crippen molar-refractivity contribution >= 4 is 12.0 Å². The van der Waals surface area contributed by atoms with Gasteiger partial charge in [-0.1, -0.05) is 0 Å². The standard InChI is InChI=1S/C13H22N4O3/c1-9(16-12(19)20-13(2,3)4)10-7-15-8-17(10)6-5-11(14)18/h7-9H,5-6H2,1-4H3,(H2,14,18)(H,16,19)/t9-/m0/s1. The van der Waals surface area contributed by atoms with Crippen LogP contribution >= 0.6 is 0 Å². The monoisotopic (exact) mass is 282 g/mol. The number of nitrogens with two attached hydrogens (primary N) is 1. The molecule has 2 amide bonds. The van der Waals surface area contributed by atoms with Crippen molar-refractivity contribution in [1.82, 2.24) is 14.9 Å². The van der Waals surface area contributed by atoms with E-state index in [0.29, 0.717) is 6.54 Å². The fraction of sp³-hybridized carbons (Fsp3) is 0.615. The Balaban J connectivity index is 2.63. The summed E-state index contributed by atoms with van der Waals surface area (Å²) >= 11 is 0. The maximum atomic E-state index is 11.7. The Labute approximate surface area is 118 Å². The van der Waals surface area contributed by atoms with Crippen molar-refractivity contribution in [3.63, 3.8) is 0 Å². The normalized spacial score (nSPS) is 12.8. The quantitative estimate of drug-likeness (QED) is 0.851. The lowest BCUT2D eigenvalue weighted by Crippen LogP contribution is -2.34. The number of carbonyl (C=O) groups is 2. The van der Waals surface area contributed by atoms with Crippen LogP contribution in [-0.4, -0.2) is 27.2 Å². The molecule has 1 heterocycles. The SMILES string of the molecule is C[C@H](NC(=O)OC(C)(C)C)c1cncn1CCC(N)=O. The molecular formula is C13H22N4O3. The lowest BCUT2D eigenvalue weighted by molar-refractivity contribution is -0.118. The van der Waals surface area contributed by atoms with Crippen LogP contribution in [0.15, 0.2) is 12.5 Å². The molecule has 0 saturated carbocycles. The van der Waals surface area contributed by atoms with E-state index in [1.807, 2.05) is 6.92 Å². The van der Waals surface area contributed by atoms with Gasteiger partial charge >= 0.3 is 6.09 Å². The number of primary amides is 1. The Hall–Kier alpha value is -2.05. The van der Waals surface area contributed by atoms with Gasteiger partial charge < -0.3 is 20.4 Å². The summed E-state index contributed by atoms with van der Waals surface area (Å²) in [6.45, 7) is 7.66. The molecule has 0 saturated heterocycles. The molecule has 7 nitrogen and oxygen atoms in total. The highest BCUT2D eigenvalue weighted by Gasteiger charge is 2.19. The highest BCUT2D eigenvalue weighted by molar-refractivity contribution is 5.73. The molecule has 0 fully saturated rings. The Morgan fingerprint density at radius 3 is 2.70 bits per heavy atom. The lowest BCUT2D eigenvalue weighted by Gasteiger charge is -2.22. The zero-order valence-corrected chi connectivity index (χ0v) is 12.3. The van der Waals surface area contributed by atoms with Gasteiger partial charge in [0.25, 0.3) is 0 Å². The van der Waals surface area contributed by atoms with Gasteiger partial charge in [-0.05, 0) is 27.7 Å². The van der Waals surface area contributed by atoms with Crippen LogP contribution < -0.4 is 11.1 Å². The average molecular weight is 282 g/mol. The van der Waals surface area contributed by atoms with E-state index in [9.17, 15) is 9.59 Å². The Morgan fingerprint density at radius 2 is 2.15 bits per heavy atom. The molecule has 112 valence electrons. The van der Waals surface area contributed by atoms with Crippen LogP contribution in [0, 0.1) is 0 Å². The number of aryl methyl sites for hydroxylation is 1. The Morgan fingerprint density at radius 1 is 1.50 bits per heavy atom. The van der Waals surface area contributed by atoms with Crippen molar-refractivity contribution in [2.45, 2.75) is 52.3 Å². The highest BCUT2D eigenvalue weighted by atomic mass is 16.6. The Kier molecular flexibility index (Phi) is 5.12. The molecule has 0 aliphatic heterocycles. The summed E-state index contributed by atoms with van der Waals surface area (Å²) in [6, 6.07) is -0.278. The maximum Gasteiger partial charge on any atom is 0.408 e. The van der Waals surface area contributed by atoms with Crippen LogP contribution in [0.5, 0.6) is 0 Å². The minimum atomic E-state index is -0.546. The molecule has 0 unspecified atom stereocenters. The van der Waals surface area contributed by atoms with E-state index in [1.54, 1.807) is 37.9 Å². The molecule has 0 aliphatic rings. The van der Waals surface area contributed by atoms with Crippen molar-refractivity contribution in [1.29, 1.82) is 0 Å². The molecule has 1 aromatic heterocycles. The van der Waals surface area contributed by atoms with E-state index in [0.717, 1.165) is 5.69 Å². The van der Waals surface area contributed by atoms with Gasteiger partial charge in [-0.15, -0.1) is 0 Å². The maximum absolute atomic E-state index is 11.7. The second-order valence-electron chi connectivity index (χ2n) is 5.60. The largest absolute Gasteiger partial charge is 0.444 e. The number of nitrogens with one attached hydrogen (secondary N) is 1. The predicted octanol–water partition coefficient (Wildman–Crippen LogP) is 1.34. The van der Waals surface area contributed by atoms with Crippen LogP contribution in [0.2, 0.25) is 0 Å². The number of nitrogens with zero attached hydrogens (tertiary/aromatic N) is 2. The van der Waals surface area contributed by atoms with Gasteiger partial charge in [-0.25, -0.2) is 9.78 Å². The number of amides is 2. The molecule has 0 aliphatic carbocycles. The number of hydrogen-bond donors (Lipinski definition) is 2. The van der Waals surface area contributed by atoms with Gasteiger partial charge in [0.05, 0.1) is 24.3 Å². The fourth-order valence-electron chi connectivity index (χ4n) is 1.67. The van der Waals surface area contributed by atoms with Crippen LogP contribution in [0.25, 0.3) is 0 Å². The molecule has 1 aromatic rings. The summed E-state index contributed by atoms with van der Waals surface area (Å²) in [7, 11) is 0. The zero-order chi connectivity index (χ0) is 15.3. The first-order valence-electron chi connectivity index (χ1n) is 6.47. The number of imidazole rings is 1. The molecule has 3 N–H and O–H groups in total. The van der Waals surface area contributed by atoms with Crippen LogP contribution in [0.1, 0.15) is 45.9 Å². The molecule has 20 heavy (non-hydrogen) atoms. The number of alkyl carbamates (subject to hydrolysis) is 1. The highest BCUT2D eigenvalue weighted by Crippen LogP contribution is 2.14. The van der Waals surface area contributed by atoms with Crippen molar-refractivity contribution in [2.24, 2.45) is 5.73 Å².